The maximum absolute atomic E-state index is 13.7. The van der Waals surface area contributed by atoms with Crippen LogP contribution in [0.1, 0.15) is 63.4 Å². The van der Waals surface area contributed by atoms with Gasteiger partial charge in [0.25, 0.3) is 5.91 Å². The van der Waals surface area contributed by atoms with Crippen molar-refractivity contribution in [3.63, 3.8) is 0 Å². The number of ether oxygens (including phenoxy) is 1. The fraction of sp³-hybridized carbons (Fsp3) is 0.556. The average molecular weight is 497 g/mol. The number of nitrogens with zero attached hydrogens (tertiary/aromatic N) is 1. The van der Waals surface area contributed by atoms with E-state index in [0.717, 1.165) is 17.3 Å². The molecule has 1 saturated carbocycles. The lowest BCUT2D eigenvalue weighted by molar-refractivity contribution is -0.130. The number of H-pyrrole nitrogens is 1. The topological polar surface area (TPSA) is 135 Å². The first-order chi connectivity index (χ1) is 17.0. The molecule has 9 heteroatoms. The number of nitrogens with two attached hydrogens (primary N) is 1. The molecule has 1 saturated heterocycles. The van der Waals surface area contributed by atoms with Gasteiger partial charge in [0.05, 0.1) is 7.11 Å². The van der Waals surface area contributed by atoms with Gasteiger partial charge in [-0.25, -0.2) is 0 Å². The summed E-state index contributed by atoms with van der Waals surface area (Å²) in [5.41, 5.74) is 6.60. The molecule has 194 valence electrons. The SMILES string of the molecule is COc1cccc2[nH]c(C(=O)N3C[C@H](C(C)(C)C)C[C@H]3C(=O)N[C@@H](C[C@@H]3CCCC3=O)C(N)=O)cc12. The van der Waals surface area contributed by atoms with E-state index in [0.29, 0.717) is 37.3 Å². The molecule has 2 aromatic rings. The lowest BCUT2D eigenvalue weighted by Crippen LogP contribution is -2.53. The van der Waals surface area contributed by atoms with Crippen LogP contribution in [0.2, 0.25) is 0 Å². The van der Waals surface area contributed by atoms with Gasteiger partial charge in [-0.3, -0.25) is 19.2 Å². The van der Waals surface area contributed by atoms with E-state index >= 15 is 0 Å². The van der Waals surface area contributed by atoms with Crippen LogP contribution in [0.25, 0.3) is 10.9 Å². The largest absolute Gasteiger partial charge is 0.496 e. The molecule has 0 bridgehead atoms. The average Bonchev–Trinajstić information content (AvgIpc) is 3.55. The molecule has 2 fully saturated rings. The number of Topliss-reactive ketones (excluding diaryl/α,β-unsaturated/α-hetero) is 1. The first kappa shape index (κ1) is 25.7. The number of nitrogens with one attached hydrogen (secondary N) is 2. The van der Waals surface area contributed by atoms with Crippen LogP contribution in [0.4, 0.5) is 0 Å². The predicted molar refractivity (Wildman–Crippen MR) is 135 cm³/mol. The van der Waals surface area contributed by atoms with E-state index in [-0.39, 0.29) is 35.4 Å². The Kier molecular flexibility index (Phi) is 7.11. The van der Waals surface area contributed by atoms with Crippen molar-refractivity contribution in [1.29, 1.82) is 0 Å². The van der Waals surface area contributed by atoms with E-state index in [1.54, 1.807) is 18.1 Å². The van der Waals surface area contributed by atoms with E-state index in [2.05, 4.69) is 31.1 Å². The van der Waals surface area contributed by atoms with Gasteiger partial charge in [0.2, 0.25) is 11.8 Å². The maximum atomic E-state index is 13.7. The first-order valence-corrected chi connectivity index (χ1v) is 12.6. The summed E-state index contributed by atoms with van der Waals surface area (Å²) in [5.74, 6) is -0.812. The quantitative estimate of drug-likeness (QED) is 0.542. The highest BCUT2D eigenvalue weighted by Gasteiger charge is 2.45. The third-order valence-corrected chi connectivity index (χ3v) is 7.78. The lowest BCUT2D eigenvalue weighted by atomic mass is 9.79. The zero-order valence-corrected chi connectivity index (χ0v) is 21.4. The van der Waals surface area contributed by atoms with Gasteiger partial charge in [-0.2, -0.15) is 0 Å². The maximum Gasteiger partial charge on any atom is 0.270 e. The molecule has 1 aliphatic heterocycles. The van der Waals surface area contributed by atoms with Crippen molar-refractivity contribution in [3.05, 3.63) is 30.0 Å². The molecule has 1 aromatic heterocycles. The van der Waals surface area contributed by atoms with Crippen LogP contribution in [0.15, 0.2) is 24.3 Å². The van der Waals surface area contributed by atoms with Crippen molar-refractivity contribution >= 4 is 34.4 Å². The summed E-state index contributed by atoms with van der Waals surface area (Å²) in [6.07, 6.45) is 2.65. The Labute approximate surface area is 211 Å². The lowest BCUT2D eigenvalue weighted by Gasteiger charge is -2.27. The van der Waals surface area contributed by atoms with Gasteiger partial charge in [-0.05, 0) is 55.2 Å². The number of amides is 3. The number of aromatic nitrogens is 1. The van der Waals surface area contributed by atoms with E-state index in [1.165, 1.54) is 0 Å². The zero-order chi connectivity index (χ0) is 26.2. The number of fused-ring (bicyclic) bond motifs is 1. The number of hydrogen-bond donors (Lipinski definition) is 3. The third-order valence-electron chi connectivity index (χ3n) is 7.78. The first-order valence-electron chi connectivity index (χ1n) is 12.6. The molecule has 36 heavy (non-hydrogen) atoms. The number of aromatic amines is 1. The number of rotatable bonds is 7. The molecule has 2 heterocycles. The number of carbonyl (C=O) groups is 4. The van der Waals surface area contributed by atoms with Crippen LogP contribution >= 0.6 is 0 Å². The van der Waals surface area contributed by atoms with Gasteiger partial charge in [0, 0.05) is 29.8 Å². The summed E-state index contributed by atoms with van der Waals surface area (Å²) in [4.78, 5) is 56.2. The minimum Gasteiger partial charge on any atom is -0.496 e. The molecule has 0 unspecified atom stereocenters. The van der Waals surface area contributed by atoms with Crippen molar-refractivity contribution in [2.75, 3.05) is 13.7 Å². The normalized spacial score (nSPS) is 23.2. The molecule has 2 aliphatic rings. The molecule has 1 aliphatic carbocycles. The van der Waals surface area contributed by atoms with Gasteiger partial charge < -0.3 is 25.7 Å². The van der Waals surface area contributed by atoms with Gasteiger partial charge >= 0.3 is 0 Å². The van der Waals surface area contributed by atoms with Crippen molar-refractivity contribution in [2.24, 2.45) is 23.0 Å². The Balaban J connectivity index is 1.58. The Morgan fingerprint density at radius 1 is 1.28 bits per heavy atom. The summed E-state index contributed by atoms with van der Waals surface area (Å²) in [6.45, 7) is 6.68. The molecule has 4 rings (SSSR count). The molecule has 9 nitrogen and oxygen atoms in total. The number of hydrogen-bond acceptors (Lipinski definition) is 5. The summed E-state index contributed by atoms with van der Waals surface area (Å²) in [6, 6.07) is 5.57. The standard InChI is InChI=1S/C27H36N4O5/c1-27(2,3)16-12-21(25(34)30-19(24(28)33)11-15-7-5-9-22(15)32)31(14-16)26(35)20-13-17-18(29-20)8-6-10-23(17)36-4/h6,8,10,13,15-16,19,21,29H,5,7,9,11-12,14H2,1-4H3,(H2,28,33)(H,30,34)/t15-,16+,19-,21-/m0/s1. The third kappa shape index (κ3) is 5.10. The predicted octanol–water partition coefficient (Wildman–Crippen LogP) is 2.78. The smallest absolute Gasteiger partial charge is 0.270 e. The van der Waals surface area contributed by atoms with Crippen molar-refractivity contribution < 1.29 is 23.9 Å². The minimum absolute atomic E-state index is 0.0829. The van der Waals surface area contributed by atoms with Gasteiger partial charge in [0.15, 0.2) is 0 Å². The van der Waals surface area contributed by atoms with Crippen LogP contribution < -0.4 is 15.8 Å². The summed E-state index contributed by atoms with van der Waals surface area (Å²) < 4.78 is 5.42. The molecular formula is C27H36N4O5. The second kappa shape index (κ2) is 9.95. The Morgan fingerprint density at radius 3 is 2.64 bits per heavy atom. The van der Waals surface area contributed by atoms with E-state index in [1.807, 2.05) is 18.2 Å². The van der Waals surface area contributed by atoms with Gasteiger partial charge in [0.1, 0.15) is 29.3 Å². The number of likely N-dealkylation sites (tertiary alicyclic amines) is 1. The fourth-order valence-corrected chi connectivity index (χ4v) is 5.45. The van der Waals surface area contributed by atoms with Crippen LogP contribution in [0.3, 0.4) is 0 Å². The summed E-state index contributed by atoms with van der Waals surface area (Å²) in [7, 11) is 1.58. The molecule has 3 amide bonds. The van der Waals surface area contributed by atoms with Crippen molar-refractivity contribution in [1.82, 2.24) is 15.2 Å². The summed E-state index contributed by atoms with van der Waals surface area (Å²) >= 11 is 0. The van der Waals surface area contributed by atoms with E-state index in [9.17, 15) is 19.2 Å². The molecular weight excluding hydrogens is 460 g/mol. The van der Waals surface area contributed by atoms with Crippen molar-refractivity contribution in [2.45, 2.75) is 65.0 Å². The Bertz CT molecular complexity index is 1180. The number of carbonyl (C=O) groups excluding carboxylic acids is 4. The second-order valence-corrected chi connectivity index (χ2v) is 11.1. The van der Waals surface area contributed by atoms with Crippen LogP contribution in [-0.4, -0.2) is 59.1 Å². The van der Waals surface area contributed by atoms with Crippen molar-refractivity contribution in [3.8, 4) is 5.75 Å². The summed E-state index contributed by atoms with van der Waals surface area (Å²) in [5, 5.41) is 3.55. The second-order valence-electron chi connectivity index (χ2n) is 11.1. The highest BCUT2D eigenvalue weighted by Crippen LogP contribution is 2.38. The number of primary amides is 1. The highest BCUT2D eigenvalue weighted by molar-refractivity contribution is 6.02. The van der Waals surface area contributed by atoms with Gasteiger partial charge in [-0.1, -0.05) is 26.8 Å². The molecule has 4 N–H and O–H groups in total. The van der Waals surface area contributed by atoms with E-state index < -0.39 is 23.9 Å². The Hall–Kier alpha value is -3.36. The van der Waals surface area contributed by atoms with Crippen LogP contribution in [0.5, 0.6) is 5.75 Å². The molecule has 0 radical (unpaired) electrons. The van der Waals surface area contributed by atoms with E-state index in [4.69, 9.17) is 10.5 Å². The molecule has 0 spiro atoms. The molecule has 1 aromatic carbocycles. The van der Waals surface area contributed by atoms with Gasteiger partial charge in [-0.15, -0.1) is 0 Å². The van der Waals surface area contributed by atoms with Crippen LogP contribution in [-0.2, 0) is 14.4 Å². The fourth-order valence-electron chi connectivity index (χ4n) is 5.45. The number of ketones is 1. The van der Waals surface area contributed by atoms with Crippen LogP contribution in [0, 0.1) is 17.3 Å². The Morgan fingerprint density at radius 2 is 2.03 bits per heavy atom. The molecule has 4 atom stereocenters. The monoisotopic (exact) mass is 496 g/mol. The zero-order valence-electron chi connectivity index (χ0n) is 21.4. The minimum atomic E-state index is -0.951. The number of benzene rings is 1. The number of methoxy groups -OCH3 is 1. The highest BCUT2D eigenvalue weighted by atomic mass is 16.5.